The molecule has 0 aromatic carbocycles. The number of rotatable bonds is 6. The van der Waals surface area contributed by atoms with Crippen molar-refractivity contribution in [3.8, 4) is 0 Å². The predicted octanol–water partition coefficient (Wildman–Crippen LogP) is 0.376. The van der Waals surface area contributed by atoms with E-state index in [2.05, 4.69) is 23.6 Å². The number of ether oxygens (including phenoxy) is 1. The van der Waals surface area contributed by atoms with Crippen molar-refractivity contribution in [3.63, 3.8) is 0 Å². The maximum Gasteiger partial charge on any atom is 0.0477 e. The SMILES string of the molecule is COCCC(C)N1CCN(C(C)CN)CC1. The minimum Gasteiger partial charge on any atom is -0.385 e. The molecule has 0 amide bonds. The first kappa shape index (κ1) is 13.9. The lowest BCUT2D eigenvalue weighted by Crippen LogP contribution is -2.53. The van der Waals surface area contributed by atoms with Gasteiger partial charge < -0.3 is 10.5 Å². The third-order valence-electron chi connectivity index (χ3n) is 3.68. The maximum absolute atomic E-state index is 5.69. The van der Waals surface area contributed by atoms with E-state index in [0.717, 1.165) is 45.8 Å². The summed E-state index contributed by atoms with van der Waals surface area (Å²) in [5.41, 5.74) is 5.69. The number of nitrogens with zero attached hydrogens (tertiary/aromatic N) is 2. The number of nitrogens with two attached hydrogens (primary N) is 1. The molecule has 1 saturated heterocycles. The van der Waals surface area contributed by atoms with Crippen LogP contribution in [0.15, 0.2) is 0 Å². The molecule has 1 fully saturated rings. The van der Waals surface area contributed by atoms with Crippen molar-refractivity contribution in [2.75, 3.05) is 46.4 Å². The van der Waals surface area contributed by atoms with Gasteiger partial charge in [-0.05, 0) is 20.3 Å². The van der Waals surface area contributed by atoms with Gasteiger partial charge in [0.05, 0.1) is 0 Å². The highest BCUT2D eigenvalue weighted by Gasteiger charge is 2.22. The van der Waals surface area contributed by atoms with E-state index in [1.807, 2.05) is 0 Å². The lowest BCUT2D eigenvalue weighted by atomic mass is 10.1. The van der Waals surface area contributed by atoms with Crippen molar-refractivity contribution in [2.24, 2.45) is 5.73 Å². The van der Waals surface area contributed by atoms with E-state index in [1.54, 1.807) is 7.11 Å². The molecule has 0 aromatic rings. The molecule has 1 heterocycles. The largest absolute Gasteiger partial charge is 0.385 e. The first-order valence-corrected chi connectivity index (χ1v) is 6.36. The maximum atomic E-state index is 5.69. The molecule has 0 radical (unpaired) electrons. The molecule has 0 bridgehead atoms. The fraction of sp³-hybridized carbons (Fsp3) is 1.00. The zero-order chi connectivity index (χ0) is 12.0. The highest BCUT2D eigenvalue weighted by molar-refractivity contribution is 4.79. The number of piperazine rings is 1. The van der Waals surface area contributed by atoms with Crippen LogP contribution < -0.4 is 5.73 Å². The van der Waals surface area contributed by atoms with Crippen LogP contribution in [-0.4, -0.2) is 68.3 Å². The summed E-state index contributed by atoms with van der Waals surface area (Å²) in [6, 6.07) is 1.16. The standard InChI is InChI=1S/C12H27N3O/c1-11(4-9-16-3)14-5-7-15(8-6-14)12(2)10-13/h11-12H,4-10,13H2,1-3H3. The Hall–Kier alpha value is -0.160. The van der Waals surface area contributed by atoms with Crippen LogP contribution in [0.5, 0.6) is 0 Å². The summed E-state index contributed by atoms with van der Waals surface area (Å²) < 4.78 is 5.13. The van der Waals surface area contributed by atoms with Gasteiger partial charge in [0.2, 0.25) is 0 Å². The van der Waals surface area contributed by atoms with Crippen LogP contribution in [-0.2, 0) is 4.74 Å². The summed E-state index contributed by atoms with van der Waals surface area (Å²) in [4.78, 5) is 5.04. The Morgan fingerprint density at radius 2 is 1.56 bits per heavy atom. The van der Waals surface area contributed by atoms with E-state index < -0.39 is 0 Å². The van der Waals surface area contributed by atoms with E-state index in [1.165, 1.54) is 0 Å². The van der Waals surface area contributed by atoms with E-state index in [0.29, 0.717) is 12.1 Å². The molecule has 1 aliphatic heterocycles. The minimum atomic E-state index is 0.524. The summed E-state index contributed by atoms with van der Waals surface area (Å²) in [6.07, 6.45) is 1.13. The van der Waals surface area contributed by atoms with Crippen LogP contribution in [0.3, 0.4) is 0 Å². The lowest BCUT2D eigenvalue weighted by molar-refractivity contribution is 0.0669. The van der Waals surface area contributed by atoms with Gasteiger partial charge in [0.1, 0.15) is 0 Å². The van der Waals surface area contributed by atoms with Gasteiger partial charge in [0.15, 0.2) is 0 Å². The van der Waals surface area contributed by atoms with E-state index in [-0.39, 0.29) is 0 Å². The lowest BCUT2D eigenvalue weighted by Gasteiger charge is -2.40. The smallest absolute Gasteiger partial charge is 0.0477 e. The number of hydrogen-bond donors (Lipinski definition) is 1. The molecular formula is C12H27N3O. The fourth-order valence-corrected chi connectivity index (χ4v) is 2.24. The zero-order valence-electron chi connectivity index (χ0n) is 11.0. The second kappa shape index (κ2) is 7.22. The highest BCUT2D eigenvalue weighted by atomic mass is 16.5. The molecule has 16 heavy (non-hydrogen) atoms. The van der Waals surface area contributed by atoms with Crippen LogP contribution in [0, 0.1) is 0 Å². The van der Waals surface area contributed by atoms with E-state index in [4.69, 9.17) is 10.5 Å². The molecule has 4 nitrogen and oxygen atoms in total. The van der Waals surface area contributed by atoms with E-state index >= 15 is 0 Å². The molecule has 4 heteroatoms. The average molecular weight is 229 g/mol. The fourth-order valence-electron chi connectivity index (χ4n) is 2.24. The summed E-state index contributed by atoms with van der Waals surface area (Å²) >= 11 is 0. The van der Waals surface area contributed by atoms with Crippen LogP contribution in [0.2, 0.25) is 0 Å². The molecule has 0 saturated carbocycles. The van der Waals surface area contributed by atoms with Gasteiger partial charge in [-0.1, -0.05) is 0 Å². The van der Waals surface area contributed by atoms with Crippen molar-refractivity contribution < 1.29 is 4.74 Å². The minimum absolute atomic E-state index is 0.524. The van der Waals surface area contributed by atoms with Crippen LogP contribution >= 0.6 is 0 Å². The molecule has 0 aromatic heterocycles. The Morgan fingerprint density at radius 3 is 2.00 bits per heavy atom. The first-order valence-electron chi connectivity index (χ1n) is 6.36. The van der Waals surface area contributed by atoms with Crippen molar-refractivity contribution in [1.29, 1.82) is 0 Å². The van der Waals surface area contributed by atoms with Gasteiger partial charge in [-0.3, -0.25) is 9.80 Å². The monoisotopic (exact) mass is 229 g/mol. The van der Waals surface area contributed by atoms with Gasteiger partial charge >= 0.3 is 0 Å². The number of methoxy groups -OCH3 is 1. The molecule has 1 aliphatic rings. The summed E-state index contributed by atoms with van der Waals surface area (Å²) in [5.74, 6) is 0. The summed E-state index contributed by atoms with van der Waals surface area (Å²) in [7, 11) is 1.77. The first-order chi connectivity index (χ1) is 7.69. The Balaban J connectivity index is 2.25. The van der Waals surface area contributed by atoms with Crippen molar-refractivity contribution >= 4 is 0 Å². The summed E-state index contributed by atoms with van der Waals surface area (Å²) in [5, 5.41) is 0. The van der Waals surface area contributed by atoms with Crippen molar-refractivity contribution in [1.82, 2.24) is 9.80 Å². The molecule has 0 aliphatic carbocycles. The average Bonchev–Trinajstić information content (AvgIpc) is 2.35. The van der Waals surface area contributed by atoms with Gasteiger partial charge in [-0.25, -0.2) is 0 Å². The molecule has 96 valence electrons. The third kappa shape index (κ3) is 4.01. The van der Waals surface area contributed by atoms with Crippen molar-refractivity contribution in [3.05, 3.63) is 0 Å². The Labute approximate surface area is 99.7 Å². The van der Waals surface area contributed by atoms with E-state index in [9.17, 15) is 0 Å². The highest BCUT2D eigenvalue weighted by Crippen LogP contribution is 2.10. The molecule has 1 rings (SSSR count). The number of hydrogen-bond acceptors (Lipinski definition) is 4. The molecule has 2 atom stereocenters. The normalized spacial score (nSPS) is 23.2. The Bertz CT molecular complexity index is 181. The summed E-state index contributed by atoms with van der Waals surface area (Å²) in [6.45, 7) is 10.8. The third-order valence-corrected chi connectivity index (χ3v) is 3.68. The molecule has 0 spiro atoms. The van der Waals surface area contributed by atoms with Crippen LogP contribution in [0.4, 0.5) is 0 Å². The van der Waals surface area contributed by atoms with Crippen LogP contribution in [0.1, 0.15) is 20.3 Å². The molecular weight excluding hydrogens is 202 g/mol. The van der Waals surface area contributed by atoms with Gasteiger partial charge in [-0.15, -0.1) is 0 Å². The second-order valence-corrected chi connectivity index (χ2v) is 4.79. The van der Waals surface area contributed by atoms with Gasteiger partial charge in [-0.2, -0.15) is 0 Å². The Morgan fingerprint density at radius 1 is 1.06 bits per heavy atom. The van der Waals surface area contributed by atoms with Crippen LogP contribution in [0.25, 0.3) is 0 Å². The topological polar surface area (TPSA) is 41.7 Å². The Kier molecular flexibility index (Phi) is 6.28. The predicted molar refractivity (Wildman–Crippen MR) is 67.6 cm³/mol. The quantitative estimate of drug-likeness (QED) is 0.715. The molecule has 2 N–H and O–H groups in total. The second-order valence-electron chi connectivity index (χ2n) is 4.79. The van der Waals surface area contributed by atoms with Crippen molar-refractivity contribution in [2.45, 2.75) is 32.4 Å². The molecule has 2 unspecified atom stereocenters. The van der Waals surface area contributed by atoms with Gasteiger partial charge in [0.25, 0.3) is 0 Å². The van der Waals surface area contributed by atoms with Gasteiger partial charge in [0, 0.05) is 58.5 Å². The zero-order valence-corrected chi connectivity index (χ0v) is 11.0.